The average Bonchev–Trinajstić information content (AvgIpc) is 3.64. The molecule has 2 aliphatic rings. The molecule has 1 atom stereocenters. The van der Waals surface area contributed by atoms with Gasteiger partial charge < -0.3 is 14.0 Å². The molecule has 3 aromatic heterocycles. The van der Waals surface area contributed by atoms with Gasteiger partial charge in [0.05, 0.1) is 24.4 Å². The number of pyridine rings is 2. The number of methoxy groups -OCH3 is 1. The first kappa shape index (κ1) is 25.3. The summed E-state index contributed by atoms with van der Waals surface area (Å²) in [4.78, 5) is 12.6. The Kier molecular flexibility index (Phi) is 6.98. The Labute approximate surface area is 217 Å². The summed E-state index contributed by atoms with van der Waals surface area (Å²) in [5.41, 5.74) is 2.54. The topological polar surface area (TPSA) is 62.1 Å². The van der Waals surface area contributed by atoms with Gasteiger partial charge >= 0.3 is 6.18 Å². The second-order valence-corrected chi connectivity index (χ2v) is 9.70. The molecular formula is C27H26ClF3N4O2. The van der Waals surface area contributed by atoms with E-state index in [0.29, 0.717) is 28.8 Å². The Morgan fingerprint density at radius 3 is 2.54 bits per heavy atom. The van der Waals surface area contributed by atoms with Gasteiger partial charge in [-0.2, -0.15) is 13.2 Å². The number of allylic oxidation sites excluding steroid dienone is 3. The highest BCUT2D eigenvalue weighted by atomic mass is 35.5. The lowest BCUT2D eigenvalue weighted by molar-refractivity contribution is -0.141. The van der Waals surface area contributed by atoms with Crippen molar-refractivity contribution in [3.05, 3.63) is 88.1 Å². The molecule has 194 valence electrons. The van der Waals surface area contributed by atoms with E-state index >= 15 is 0 Å². The SMILES string of the molecule is COC1=CC(OCc2ccc(C(F)(F)F)nc2)=CCC1c1c(C)nc(-c2ccc(Cl)nc2)n1CC1CC1. The van der Waals surface area contributed by atoms with Crippen molar-refractivity contribution in [2.45, 2.75) is 51.4 Å². The van der Waals surface area contributed by atoms with Crippen LogP contribution >= 0.6 is 11.6 Å². The number of aromatic nitrogens is 4. The monoisotopic (exact) mass is 530 g/mol. The Balaban J connectivity index is 1.37. The van der Waals surface area contributed by atoms with E-state index in [9.17, 15) is 13.2 Å². The summed E-state index contributed by atoms with van der Waals surface area (Å²) in [5.74, 6) is 2.77. The maximum Gasteiger partial charge on any atom is 0.433 e. The van der Waals surface area contributed by atoms with E-state index in [2.05, 4.69) is 14.5 Å². The number of alkyl halides is 3. The molecule has 0 spiro atoms. The standard InChI is InChI=1S/C27H26ClF3N4O2/c1-16-25(35(14-17-3-4-17)26(34-16)19-6-10-24(28)33-13-19)21-8-7-20(11-22(21)36-2)37-15-18-5-9-23(32-12-18)27(29,30)31/h5-7,9-13,17,21H,3-4,8,14-15H2,1-2H3. The molecule has 1 saturated carbocycles. The van der Waals surface area contributed by atoms with Gasteiger partial charge in [-0.1, -0.05) is 17.7 Å². The zero-order valence-electron chi connectivity index (χ0n) is 20.4. The van der Waals surface area contributed by atoms with Crippen molar-refractivity contribution in [3.8, 4) is 11.4 Å². The van der Waals surface area contributed by atoms with Crippen LogP contribution in [0.5, 0.6) is 0 Å². The minimum Gasteiger partial charge on any atom is -0.500 e. The maximum atomic E-state index is 12.8. The predicted molar refractivity (Wildman–Crippen MR) is 132 cm³/mol. The third-order valence-corrected chi connectivity index (χ3v) is 6.81. The zero-order valence-corrected chi connectivity index (χ0v) is 21.2. The number of hydrogen-bond donors (Lipinski definition) is 0. The molecule has 0 amide bonds. The summed E-state index contributed by atoms with van der Waals surface area (Å²) < 4.78 is 52.2. The molecular weight excluding hydrogens is 505 g/mol. The van der Waals surface area contributed by atoms with Crippen LogP contribution in [-0.4, -0.2) is 26.6 Å². The number of imidazole rings is 1. The van der Waals surface area contributed by atoms with E-state index in [-0.39, 0.29) is 12.5 Å². The van der Waals surface area contributed by atoms with Crippen LogP contribution in [0.1, 0.15) is 47.8 Å². The number of hydrogen-bond acceptors (Lipinski definition) is 5. The molecule has 3 heterocycles. The number of aryl methyl sites for hydroxylation is 1. The molecule has 2 aliphatic carbocycles. The Morgan fingerprint density at radius 2 is 1.92 bits per heavy atom. The van der Waals surface area contributed by atoms with Crippen LogP contribution in [0.4, 0.5) is 13.2 Å². The highest BCUT2D eigenvalue weighted by Gasteiger charge is 2.33. The Hall–Kier alpha value is -3.33. The first-order valence-electron chi connectivity index (χ1n) is 12.0. The summed E-state index contributed by atoms with van der Waals surface area (Å²) in [6.07, 6.45) is 5.30. The fraction of sp³-hybridized carbons (Fsp3) is 0.370. The minimum atomic E-state index is -4.47. The smallest absolute Gasteiger partial charge is 0.433 e. The van der Waals surface area contributed by atoms with E-state index in [0.717, 1.165) is 41.1 Å². The first-order chi connectivity index (χ1) is 17.7. The van der Waals surface area contributed by atoms with E-state index in [1.165, 1.54) is 25.1 Å². The van der Waals surface area contributed by atoms with Crippen molar-refractivity contribution >= 4 is 11.6 Å². The molecule has 0 aromatic carbocycles. The summed E-state index contributed by atoms with van der Waals surface area (Å²) in [6.45, 7) is 2.98. The molecule has 5 rings (SSSR count). The van der Waals surface area contributed by atoms with Crippen molar-refractivity contribution in [1.82, 2.24) is 19.5 Å². The molecule has 0 bridgehead atoms. The normalized spacial score (nSPS) is 17.8. The van der Waals surface area contributed by atoms with E-state index in [1.54, 1.807) is 19.4 Å². The van der Waals surface area contributed by atoms with Gasteiger partial charge in [0.15, 0.2) is 0 Å². The molecule has 0 saturated heterocycles. The lowest BCUT2D eigenvalue weighted by Gasteiger charge is -2.25. The Morgan fingerprint density at radius 1 is 1.11 bits per heavy atom. The van der Waals surface area contributed by atoms with E-state index in [1.807, 2.05) is 25.1 Å². The lowest BCUT2D eigenvalue weighted by atomic mass is 9.92. The summed E-state index contributed by atoms with van der Waals surface area (Å²) in [5, 5.41) is 0.433. The highest BCUT2D eigenvalue weighted by Crippen LogP contribution is 2.40. The summed E-state index contributed by atoms with van der Waals surface area (Å²) >= 11 is 6.00. The molecule has 0 radical (unpaired) electrons. The second kappa shape index (κ2) is 10.2. The quantitative estimate of drug-likeness (QED) is 0.298. The molecule has 1 unspecified atom stereocenters. The molecule has 37 heavy (non-hydrogen) atoms. The first-order valence-corrected chi connectivity index (χ1v) is 12.4. The van der Waals surface area contributed by atoms with Gasteiger partial charge in [0.25, 0.3) is 0 Å². The Bertz CT molecular complexity index is 1330. The minimum absolute atomic E-state index is 0.0506. The van der Waals surface area contributed by atoms with Gasteiger partial charge in [-0.3, -0.25) is 4.98 Å². The van der Waals surface area contributed by atoms with Crippen molar-refractivity contribution < 1.29 is 22.6 Å². The molecule has 0 aliphatic heterocycles. The molecule has 6 nitrogen and oxygen atoms in total. The second-order valence-electron chi connectivity index (χ2n) is 9.31. The lowest BCUT2D eigenvalue weighted by Crippen LogP contribution is -2.16. The number of halogens is 4. The molecule has 10 heteroatoms. The number of nitrogens with zero attached hydrogens (tertiary/aromatic N) is 4. The van der Waals surface area contributed by atoms with Gasteiger partial charge in [-0.25, -0.2) is 9.97 Å². The fourth-order valence-electron chi connectivity index (χ4n) is 4.54. The third-order valence-electron chi connectivity index (χ3n) is 6.58. The van der Waals surface area contributed by atoms with Crippen LogP contribution in [0, 0.1) is 12.8 Å². The number of rotatable bonds is 8. The largest absolute Gasteiger partial charge is 0.500 e. The zero-order chi connectivity index (χ0) is 26.2. The van der Waals surface area contributed by atoms with Crippen LogP contribution in [0.2, 0.25) is 5.15 Å². The molecule has 0 N–H and O–H groups in total. The van der Waals surface area contributed by atoms with E-state index in [4.69, 9.17) is 26.1 Å². The van der Waals surface area contributed by atoms with Gasteiger partial charge in [0.1, 0.15) is 34.8 Å². The summed E-state index contributed by atoms with van der Waals surface area (Å²) in [6, 6.07) is 6.02. The van der Waals surface area contributed by atoms with Gasteiger partial charge in [-0.05, 0) is 56.4 Å². The van der Waals surface area contributed by atoms with Gasteiger partial charge in [0, 0.05) is 36.1 Å². The van der Waals surface area contributed by atoms with Crippen LogP contribution in [0.15, 0.2) is 60.3 Å². The number of ether oxygens (including phenoxy) is 2. The highest BCUT2D eigenvalue weighted by molar-refractivity contribution is 6.29. The van der Waals surface area contributed by atoms with Gasteiger partial charge in [-0.15, -0.1) is 0 Å². The average molecular weight is 531 g/mol. The maximum absolute atomic E-state index is 12.8. The van der Waals surface area contributed by atoms with Crippen LogP contribution in [0.25, 0.3) is 11.4 Å². The van der Waals surface area contributed by atoms with Crippen molar-refractivity contribution in [1.29, 1.82) is 0 Å². The van der Waals surface area contributed by atoms with Crippen LogP contribution < -0.4 is 0 Å². The fourth-order valence-corrected chi connectivity index (χ4v) is 4.65. The van der Waals surface area contributed by atoms with Crippen molar-refractivity contribution in [2.24, 2.45) is 5.92 Å². The van der Waals surface area contributed by atoms with Gasteiger partial charge in [0.2, 0.25) is 0 Å². The summed E-state index contributed by atoms with van der Waals surface area (Å²) in [7, 11) is 1.63. The van der Waals surface area contributed by atoms with Crippen molar-refractivity contribution in [3.63, 3.8) is 0 Å². The van der Waals surface area contributed by atoms with Crippen molar-refractivity contribution in [2.75, 3.05) is 7.11 Å². The predicted octanol–water partition coefficient (Wildman–Crippen LogP) is 6.85. The third kappa shape index (κ3) is 5.66. The van der Waals surface area contributed by atoms with Crippen LogP contribution in [-0.2, 0) is 28.8 Å². The van der Waals surface area contributed by atoms with E-state index < -0.39 is 11.9 Å². The van der Waals surface area contributed by atoms with Crippen LogP contribution in [0.3, 0.4) is 0 Å². The molecule has 1 fully saturated rings. The molecule has 3 aromatic rings.